The average Bonchev–Trinajstić information content (AvgIpc) is 3.12. The largest absolute Gasteiger partial charge is 0.444 e. The number of likely N-dealkylation sites (tertiary alicyclic amines) is 1. The second-order valence-corrected chi connectivity index (χ2v) is 8.55. The number of nitrogens with zero attached hydrogens (tertiary/aromatic N) is 1. The molecule has 1 aromatic rings. The van der Waals surface area contributed by atoms with Crippen LogP contribution in [-0.4, -0.2) is 29.7 Å². The standard InChI is InChI=1S/C18H24BrNO2/c1-17(2,3)22-16(21)20-10-8-18(9-11-20)12-15(18)13-4-6-14(19)7-5-13/h4-7,15H,8-12H2,1-3H3. The van der Waals surface area contributed by atoms with Crippen molar-refractivity contribution in [3.63, 3.8) is 0 Å². The van der Waals surface area contributed by atoms with E-state index in [4.69, 9.17) is 4.74 Å². The Bertz CT molecular complexity index is 553. The molecule has 3 nitrogen and oxygen atoms in total. The lowest BCUT2D eigenvalue weighted by Crippen LogP contribution is -2.42. The molecule has 1 amide bonds. The molecule has 0 aromatic heterocycles. The Kier molecular flexibility index (Phi) is 4.00. The number of hydrogen-bond acceptors (Lipinski definition) is 2. The molecule has 2 fully saturated rings. The van der Waals surface area contributed by atoms with Crippen LogP contribution in [0.1, 0.15) is 51.5 Å². The third-order valence-corrected chi connectivity index (χ3v) is 5.40. The highest BCUT2D eigenvalue weighted by atomic mass is 79.9. The van der Waals surface area contributed by atoms with Gasteiger partial charge in [-0.1, -0.05) is 28.1 Å². The van der Waals surface area contributed by atoms with Gasteiger partial charge in [0, 0.05) is 17.6 Å². The number of hydrogen-bond donors (Lipinski definition) is 0. The maximum Gasteiger partial charge on any atom is 0.410 e. The van der Waals surface area contributed by atoms with Crippen molar-refractivity contribution in [1.82, 2.24) is 4.90 Å². The van der Waals surface area contributed by atoms with Gasteiger partial charge in [0.15, 0.2) is 0 Å². The lowest BCUT2D eigenvalue weighted by molar-refractivity contribution is 0.0170. The molecular weight excluding hydrogens is 342 g/mol. The zero-order valence-corrected chi connectivity index (χ0v) is 15.1. The molecule has 4 heteroatoms. The van der Waals surface area contributed by atoms with Crippen molar-refractivity contribution in [2.24, 2.45) is 5.41 Å². The molecule has 0 bridgehead atoms. The molecule has 1 spiro atoms. The number of rotatable bonds is 1. The second kappa shape index (κ2) is 5.55. The van der Waals surface area contributed by atoms with Gasteiger partial charge in [-0.15, -0.1) is 0 Å². The van der Waals surface area contributed by atoms with Gasteiger partial charge in [-0.25, -0.2) is 4.79 Å². The predicted molar refractivity (Wildman–Crippen MR) is 91.0 cm³/mol. The van der Waals surface area contributed by atoms with Crippen molar-refractivity contribution in [2.75, 3.05) is 13.1 Å². The summed E-state index contributed by atoms with van der Waals surface area (Å²) in [7, 11) is 0. The summed E-state index contributed by atoms with van der Waals surface area (Å²) in [5.41, 5.74) is 1.45. The van der Waals surface area contributed by atoms with Gasteiger partial charge in [0.2, 0.25) is 0 Å². The lowest BCUT2D eigenvalue weighted by atomic mass is 9.89. The van der Waals surface area contributed by atoms with E-state index >= 15 is 0 Å². The molecule has 1 aliphatic carbocycles. The summed E-state index contributed by atoms with van der Waals surface area (Å²) >= 11 is 3.49. The van der Waals surface area contributed by atoms with Gasteiger partial charge in [-0.05, 0) is 69.1 Å². The average molecular weight is 366 g/mol. The van der Waals surface area contributed by atoms with Crippen LogP contribution in [0.4, 0.5) is 4.79 Å². The van der Waals surface area contributed by atoms with Crippen molar-refractivity contribution in [3.8, 4) is 0 Å². The lowest BCUT2D eigenvalue weighted by Gasteiger charge is -2.34. The first-order valence-corrected chi connectivity index (χ1v) is 8.82. The molecule has 120 valence electrons. The molecule has 22 heavy (non-hydrogen) atoms. The van der Waals surface area contributed by atoms with E-state index in [2.05, 4.69) is 40.2 Å². The first kappa shape index (κ1) is 15.9. The van der Waals surface area contributed by atoms with Crippen molar-refractivity contribution < 1.29 is 9.53 Å². The minimum Gasteiger partial charge on any atom is -0.444 e. The van der Waals surface area contributed by atoms with Crippen LogP contribution in [0.3, 0.4) is 0 Å². The van der Waals surface area contributed by atoms with Crippen LogP contribution in [-0.2, 0) is 4.74 Å². The Balaban J connectivity index is 1.57. The fraction of sp³-hybridized carbons (Fsp3) is 0.611. The van der Waals surface area contributed by atoms with Crippen LogP contribution in [0.2, 0.25) is 0 Å². The van der Waals surface area contributed by atoms with Gasteiger partial charge in [0.05, 0.1) is 0 Å². The van der Waals surface area contributed by atoms with E-state index in [9.17, 15) is 4.79 Å². The van der Waals surface area contributed by atoms with Gasteiger partial charge in [-0.2, -0.15) is 0 Å². The predicted octanol–water partition coefficient (Wildman–Crippen LogP) is 4.95. The van der Waals surface area contributed by atoms with E-state index in [1.807, 2.05) is 25.7 Å². The molecular formula is C18H24BrNO2. The Morgan fingerprint density at radius 3 is 2.36 bits per heavy atom. The van der Waals surface area contributed by atoms with Gasteiger partial charge >= 0.3 is 6.09 Å². The van der Waals surface area contributed by atoms with Crippen LogP contribution < -0.4 is 0 Å². The summed E-state index contributed by atoms with van der Waals surface area (Å²) < 4.78 is 6.60. The fourth-order valence-electron chi connectivity index (χ4n) is 3.53. The van der Waals surface area contributed by atoms with Crippen LogP contribution in [0, 0.1) is 5.41 Å². The highest BCUT2D eigenvalue weighted by molar-refractivity contribution is 9.10. The number of carbonyl (C=O) groups is 1. The van der Waals surface area contributed by atoms with Crippen LogP contribution in [0.15, 0.2) is 28.7 Å². The third-order valence-electron chi connectivity index (χ3n) is 4.87. The number of halogens is 1. The molecule has 2 aliphatic rings. The van der Waals surface area contributed by atoms with E-state index < -0.39 is 5.60 Å². The summed E-state index contributed by atoms with van der Waals surface area (Å²) in [5, 5.41) is 0. The Labute approximate surface area is 141 Å². The summed E-state index contributed by atoms with van der Waals surface area (Å²) in [4.78, 5) is 14.0. The van der Waals surface area contributed by atoms with Gasteiger partial charge in [-0.3, -0.25) is 0 Å². The van der Waals surface area contributed by atoms with Gasteiger partial charge in [0.25, 0.3) is 0 Å². The molecule has 1 aromatic carbocycles. The molecule has 1 heterocycles. The number of piperidine rings is 1. The number of benzene rings is 1. The molecule has 1 saturated heterocycles. The maximum atomic E-state index is 12.1. The topological polar surface area (TPSA) is 29.5 Å². The minimum atomic E-state index is -0.411. The molecule has 1 atom stereocenters. The van der Waals surface area contributed by atoms with E-state index in [-0.39, 0.29) is 6.09 Å². The number of carbonyl (C=O) groups excluding carboxylic acids is 1. The van der Waals surface area contributed by atoms with E-state index in [1.165, 1.54) is 12.0 Å². The molecule has 0 N–H and O–H groups in total. The molecule has 1 unspecified atom stereocenters. The summed E-state index contributed by atoms with van der Waals surface area (Å²) in [6, 6.07) is 8.70. The Morgan fingerprint density at radius 2 is 1.82 bits per heavy atom. The van der Waals surface area contributed by atoms with E-state index in [0.717, 1.165) is 30.4 Å². The fourth-order valence-corrected chi connectivity index (χ4v) is 3.79. The second-order valence-electron chi connectivity index (χ2n) is 7.64. The van der Waals surface area contributed by atoms with Crippen LogP contribution >= 0.6 is 15.9 Å². The van der Waals surface area contributed by atoms with Crippen molar-refractivity contribution in [3.05, 3.63) is 34.3 Å². The quantitative estimate of drug-likeness (QED) is 0.704. The first-order valence-electron chi connectivity index (χ1n) is 8.03. The summed E-state index contributed by atoms with van der Waals surface area (Å²) in [5.74, 6) is 0.668. The number of ether oxygens (including phenoxy) is 1. The van der Waals surface area contributed by atoms with Crippen LogP contribution in [0.25, 0.3) is 0 Å². The SMILES string of the molecule is CC(C)(C)OC(=O)N1CCC2(CC1)CC2c1ccc(Br)cc1. The van der Waals surface area contributed by atoms with E-state index in [0.29, 0.717) is 11.3 Å². The van der Waals surface area contributed by atoms with E-state index in [1.54, 1.807) is 0 Å². The zero-order chi connectivity index (χ0) is 16.0. The highest BCUT2D eigenvalue weighted by Gasteiger charge is 2.55. The molecule has 1 saturated carbocycles. The summed E-state index contributed by atoms with van der Waals surface area (Å²) in [6.45, 7) is 7.40. The molecule has 1 aliphatic heterocycles. The minimum absolute atomic E-state index is 0.164. The zero-order valence-electron chi connectivity index (χ0n) is 13.6. The monoisotopic (exact) mass is 365 g/mol. The Hall–Kier alpha value is -1.03. The van der Waals surface area contributed by atoms with Crippen molar-refractivity contribution in [1.29, 1.82) is 0 Å². The highest BCUT2D eigenvalue weighted by Crippen LogP contribution is 2.64. The molecule has 3 rings (SSSR count). The maximum absolute atomic E-state index is 12.1. The smallest absolute Gasteiger partial charge is 0.410 e. The Morgan fingerprint density at radius 1 is 1.23 bits per heavy atom. The molecule has 0 radical (unpaired) electrons. The van der Waals surface area contributed by atoms with Crippen molar-refractivity contribution >= 4 is 22.0 Å². The van der Waals surface area contributed by atoms with Gasteiger partial charge in [0.1, 0.15) is 5.60 Å². The first-order chi connectivity index (χ1) is 10.3. The van der Waals surface area contributed by atoms with Gasteiger partial charge < -0.3 is 9.64 Å². The summed E-state index contributed by atoms with van der Waals surface area (Å²) in [6.07, 6.45) is 3.28. The normalized spacial score (nSPS) is 23.5. The third kappa shape index (κ3) is 3.32. The van der Waals surface area contributed by atoms with Crippen LogP contribution in [0.5, 0.6) is 0 Å². The van der Waals surface area contributed by atoms with Crippen molar-refractivity contribution in [2.45, 2.75) is 51.6 Å². The number of amides is 1.